The lowest BCUT2D eigenvalue weighted by atomic mass is 9.89. The zero-order valence-corrected chi connectivity index (χ0v) is 13.7. The fourth-order valence-electron chi connectivity index (χ4n) is 2.27. The van der Waals surface area contributed by atoms with Gasteiger partial charge in [-0.25, -0.2) is 4.98 Å². The monoisotopic (exact) mass is 312 g/mol. The fraction of sp³-hybridized carbons (Fsp3) is 0.733. The molecule has 2 heterocycles. The van der Waals surface area contributed by atoms with E-state index < -0.39 is 5.60 Å². The third kappa shape index (κ3) is 4.02. The lowest BCUT2D eigenvalue weighted by Crippen LogP contribution is -2.44. The van der Waals surface area contributed by atoms with Gasteiger partial charge in [-0.1, -0.05) is 20.3 Å². The molecule has 1 saturated heterocycles. The minimum atomic E-state index is -0.896. The van der Waals surface area contributed by atoms with E-state index in [9.17, 15) is 9.90 Å². The van der Waals surface area contributed by atoms with Crippen LogP contribution in [0.1, 0.15) is 60.8 Å². The Labute approximate surface area is 129 Å². The molecule has 118 valence electrons. The van der Waals surface area contributed by atoms with Crippen molar-refractivity contribution in [3.63, 3.8) is 0 Å². The molecule has 1 aliphatic rings. The number of thiazole rings is 1. The number of nitrogens with zero attached hydrogens (tertiary/aromatic N) is 1. The van der Waals surface area contributed by atoms with Crippen molar-refractivity contribution in [1.29, 1.82) is 0 Å². The van der Waals surface area contributed by atoms with E-state index in [2.05, 4.69) is 10.3 Å². The Morgan fingerprint density at radius 3 is 3.10 bits per heavy atom. The van der Waals surface area contributed by atoms with Gasteiger partial charge < -0.3 is 15.2 Å². The summed E-state index contributed by atoms with van der Waals surface area (Å²) in [5.74, 6) is -0.0537. The molecular weight excluding hydrogens is 288 g/mol. The van der Waals surface area contributed by atoms with Crippen molar-refractivity contribution < 1.29 is 14.6 Å². The highest BCUT2D eigenvalue weighted by molar-refractivity contribution is 7.13. The number of carbonyl (C=O) groups excluding carboxylic acids is 1. The summed E-state index contributed by atoms with van der Waals surface area (Å²) < 4.78 is 5.57. The zero-order valence-electron chi connectivity index (χ0n) is 12.9. The van der Waals surface area contributed by atoms with Crippen LogP contribution in [0.2, 0.25) is 0 Å². The van der Waals surface area contributed by atoms with Gasteiger partial charge in [-0.3, -0.25) is 4.79 Å². The Morgan fingerprint density at radius 2 is 2.48 bits per heavy atom. The summed E-state index contributed by atoms with van der Waals surface area (Å²) >= 11 is 1.37. The van der Waals surface area contributed by atoms with E-state index in [4.69, 9.17) is 4.74 Å². The lowest BCUT2D eigenvalue weighted by Gasteiger charge is -2.29. The van der Waals surface area contributed by atoms with Gasteiger partial charge in [0.25, 0.3) is 5.91 Å². The Hall–Kier alpha value is -0.980. The summed E-state index contributed by atoms with van der Waals surface area (Å²) in [5, 5.41) is 14.0. The SMILES string of the molecule is CCC(C)C(C)(O)CNC(=O)c1cnc(C2CCCO2)s1. The molecule has 2 rings (SSSR count). The van der Waals surface area contributed by atoms with Gasteiger partial charge in [0.1, 0.15) is 16.0 Å². The lowest BCUT2D eigenvalue weighted by molar-refractivity contribution is 0.00596. The first-order valence-electron chi connectivity index (χ1n) is 7.52. The largest absolute Gasteiger partial charge is 0.388 e. The highest BCUT2D eigenvalue weighted by atomic mass is 32.1. The summed E-state index contributed by atoms with van der Waals surface area (Å²) in [7, 11) is 0. The van der Waals surface area contributed by atoms with Crippen LogP contribution < -0.4 is 5.32 Å². The summed E-state index contributed by atoms with van der Waals surface area (Å²) in [6.07, 6.45) is 4.52. The third-order valence-electron chi connectivity index (χ3n) is 4.23. The maximum absolute atomic E-state index is 12.1. The molecule has 1 amide bonds. The molecule has 3 atom stereocenters. The molecule has 0 saturated carbocycles. The van der Waals surface area contributed by atoms with Crippen LogP contribution in [0.25, 0.3) is 0 Å². The van der Waals surface area contributed by atoms with E-state index in [0.717, 1.165) is 30.9 Å². The molecule has 0 aliphatic carbocycles. The second-order valence-electron chi connectivity index (χ2n) is 5.91. The molecule has 5 nitrogen and oxygen atoms in total. The number of hydrogen-bond donors (Lipinski definition) is 2. The number of hydrogen-bond acceptors (Lipinski definition) is 5. The van der Waals surface area contributed by atoms with E-state index in [1.165, 1.54) is 11.3 Å². The standard InChI is InChI=1S/C15H24N2O3S/c1-4-10(2)15(3,19)9-17-13(18)12-8-16-14(21-12)11-6-5-7-20-11/h8,10-11,19H,4-7,9H2,1-3H3,(H,17,18). The molecular formula is C15H24N2O3S. The second-order valence-corrected chi connectivity index (χ2v) is 6.98. The highest BCUT2D eigenvalue weighted by Crippen LogP contribution is 2.31. The number of rotatable bonds is 6. The van der Waals surface area contributed by atoms with Crippen molar-refractivity contribution in [2.24, 2.45) is 5.92 Å². The maximum Gasteiger partial charge on any atom is 0.263 e. The molecule has 1 fully saturated rings. The van der Waals surface area contributed by atoms with Gasteiger partial charge in [-0.2, -0.15) is 0 Å². The molecule has 0 bridgehead atoms. The Kier molecular flexibility index (Phi) is 5.35. The van der Waals surface area contributed by atoms with Crippen molar-refractivity contribution >= 4 is 17.2 Å². The normalized spacial score (nSPS) is 22.8. The van der Waals surface area contributed by atoms with E-state index in [-0.39, 0.29) is 24.5 Å². The number of amides is 1. The van der Waals surface area contributed by atoms with Crippen LogP contribution in [-0.4, -0.2) is 34.8 Å². The van der Waals surface area contributed by atoms with Gasteiger partial charge in [0, 0.05) is 13.2 Å². The van der Waals surface area contributed by atoms with Gasteiger partial charge in [0.15, 0.2) is 0 Å². The van der Waals surface area contributed by atoms with Gasteiger partial charge in [0.2, 0.25) is 0 Å². The van der Waals surface area contributed by atoms with E-state index in [0.29, 0.717) is 4.88 Å². The van der Waals surface area contributed by atoms with Gasteiger partial charge in [-0.05, 0) is 25.7 Å². The number of aliphatic hydroxyl groups is 1. The predicted octanol–water partition coefficient (Wildman–Crippen LogP) is 2.52. The first-order chi connectivity index (χ1) is 9.94. The molecule has 1 aromatic rings. The van der Waals surface area contributed by atoms with E-state index in [1.807, 2.05) is 13.8 Å². The summed E-state index contributed by atoms with van der Waals surface area (Å²) in [6, 6.07) is 0. The van der Waals surface area contributed by atoms with Crippen LogP contribution in [0.3, 0.4) is 0 Å². The number of aromatic nitrogens is 1. The molecule has 3 unspecified atom stereocenters. The van der Waals surface area contributed by atoms with Crippen LogP contribution in [0.5, 0.6) is 0 Å². The summed E-state index contributed by atoms with van der Waals surface area (Å²) in [5.41, 5.74) is -0.896. The van der Waals surface area contributed by atoms with Gasteiger partial charge in [0.05, 0.1) is 11.8 Å². The Bertz CT molecular complexity index is 481. The van der Waals surface area contributed by atoms with Crippen molar-refractivity contribution in [1.82, 2.24) is 10.3 Å². The van der Waals surface area contributed by atoms with Crippen molar-refractivity contribution in [2.75, 3.05) is 13.2 Å². The van der Waals surface area contributed by atoms with Crippen molar-refractivity contribution in [2.45, 2.75) is 51.7 Å². The third-order valence-corrected chi connectivity index (χ3v) is 5.32. The molecule has 1 aliphatic heterocycles. The molecule has 1 aromatic heterocycles. The van der Waals surface area contributed by atoms with Crippen LogP contribution in [0, 0.1) is 5.92 Å². The van der Waals surface area contributed by atoms with Crippen LogP contribution in [0.15, 0.2) is 6.20 Å². The summed E-state index contributed by atoms with van der Waals surface area (Å²) in [4.78, 5) is 17.0. The minimum absolute atomic E-state index is 0.0415. The molecule has 6 heteroatoms. The first kappa shape index (κ1) is 16.4. The van der Waals surface area contributed by atoms with Crippen molar-refractivity contribution in [3.8, 4) is 0 Å². The first-order valence-corrected chi connectivity index (χ1v) is 8.33. The number of carbonyl (C=O) groups is 1. The molecule has 21 heavy (non-hydrogen) atoms. The topological polar surface area (TPSA) is 71.5 Å². The maximum atomic E-state index is 12.1. The van der Waals surface area contributed by atoms with Crippen LogP contribution in [-0.2, 0) is 4.74 Å². The van der Waals surface area contributed by atoms with E-state index >= 15 is 0 Å². The van der Waals surface area contributed by atoms with Gasteiger partial charge >= 0.3 is 0 Å². The highest BCUT2D eigenvalue weighted by Gasteiger charge is 2.28. The number of ether oxygens (including phenoxy) is 1. The second kappa shape index (κ2) is 6.85. The van der Waals surface area contributed by atoms with Crippen LogP contribution in [0.4, 0.5) is 0 Å². The Morgan fingerprint density at radius 1 is 1.71 bits per heavy atom. The smallest absolute Gasteiger partial charge is 0.263 e. The van der Waals surface area contributed by atoms with E-state index in [1.54, 1.807) is 13.1 Å². The van der Waals surface area contributed by atoms with Crippen LogP contribution >= 0.6 is 11.3 Å². The molecule has 0 radical (unpaired) electrons. The minimum Gasteiger partial charge on any atom is -0.388 e. The molecule has 0 spiro atoms. The van der Waals surface area contributed by atoms with Gasteiger partial charge in [-0.15, -0.1) is 11.3 Å². The Balaban J connectivity index is 1.91. The molecule has 2 N–H and O–H groups in total. The average molecular weight is 312 g/mol. The summed E-state index contributed by atoms with van der Waals surface area (Å²) in [6.45, 7) is 6.77. The fourth-order valence-corrected chi connectivity index (χ4v) is 3.19. The predicted molar refractivity (Wildman–Crippen MR) is 82.5 cm³/mol. The number of nitrogens with one attached hydrogen (secondary N) is 1. The average Bonchev–Trinajstić information content (AvgIpc) is 3.13. The molecule has 0 aromatic carbocycles. The zero-order chi connectivity index (χ0) is 15.5. The van der Waals surface area contributed by atoms with Crippen molar-refractivity contribution in [3.05, 3.63) is 16.1 Å². The quantitative estimate of drug-likeness (QED) is 0.846.